The molecule has 0 saturated carbocycles. The first-order valence-electron chi connectivity index (χ1n) is 3.99. The number of ether oxygens (including phenoxy) is 1. The van der Waals surface area contributed by atoms with E-state index in [9.17, 15) is 4.79 Å². The van der Waals surface area contributed by atoms with Crippen LogP contribution in [0.3, 0.4) is 0 Å². The number of aromatic carboxylic acids is 1. The van der Waals surface area contributed by atoms with Crippen molar-refractivity contribution in [1.82, 2.24) is 4.98 Å². The molecule has 2 aromatic rings. The SMILES string of the molecule is COc1cc(C(=O)O)c2nc(Br)sc2c1. The van der Waals surface area contributed by atoms with E-state index in [1.165, 1.54) is 24.5 Å². The van der Waals surface area contributed by atoms with Gasteiger partial charge in [-0.3, -0.25) is 0 Å². The molecule has 0 atom stereocenters. The molecule has 0 radical (unpaired) electrons. The number of fused-ring (bicyclic) bond motifs is 1. The molecule has 1 aromatic heterocycles. The van der Waals surface area contributed by atoms with E-state index in [1.54, 1.807) is 6.07 Å². The summed E-state index contributed by atoms with van der Waals surface area (Å²) in [5.41, 5.74) is 0.645. The molecule has 0 amide bonds. The number of carboxylic acid groups (broad SMARTS) is 1. The fraction of sp³-hybridized carbons (Fsp3) is 0.111. The average molecular weight is 288 g/mol. The topological polar surface area (TPSA) is 59.4 Å². The predicted molar refractivity (Wildman–Crippen MR) is 60.8 cm³/mol. The quantitative estimate of drug-likeness (QED) is 0.923. The summed E-state index contributed by atoms with van der Waals surface area (Å²) in [7, 11) is 1.50. The highest BCUT2D eigenvalue weighted by atomic mass is 79.9. The van der Waals surface area contributed by atoms with E-state index < -0.39 is 5.97 Å². The Balaban J connectivity index is 2.79. The van der Waals surface area contributed by atoms with E-state index >= 15 is 0 Å². The van der Waals surface area contributed by atoms with Crippen LogP contribution in [0.15, 0.2) is 16.0 Å². The monoisotopic (exact) mass is 287 g/mol. The van der Waals surface area contributed by atoms with Gasteiger partial charge in [0, 0.05) is 0 Å². The summed E-state index contributed by atoms with van der Waals surface area (Å²) < 4.78 is 6.47. The van der Waals surface area contributed by atoms with E-state index in [2.05, 4.69) is 20.9 Å². The fourth-order valence-corrected chi connectivity index (χ4v) is 2.70. The Kier molecular flexibility index (Phi) is 2.62. The summed E-state index contributed by atoms with van der Waals surface area (Å²) in [5.74, 6) is -0.479. The third kappa shape index (κ3) is 1.82. The highest BCUT2D eigenvalue weighted by molar-refractivity contribution is 9.11. The largest absolute Gasteiger partial charge is 0.497 e. The van der Waals surface area contributed by atoms with Crippen molar-refractivity contribution in [3.8, 4) is 5.75 Å². The van der Waals surface area contributed by atoms with Gasteiger partial charge in [0.2, 0.25) is 0 Å². The molecule has 0 unspecified atom stereocenters. The Morgan fingerprint density at radius 2 is 2.33 bits per heavy atom. The minimum absolute atomic E-state index is 0.159. The number of carbonyl (C=O) groups is 1. The first-order valence-corrected chi connectivity index (χ1v) is 5.60. The second-order valence-corrected chi connectivity index (χ2v) is 5.10. The van der Waals surface area contributed by atoms with Crippen LogP contribution in [-0.4, -0.2) is 23.2 Å². The molecule has 0 bridgehead atoms. The normalized spacial score (nSPS) is 10.5. The Morgan fingerprint density at radius 3 is 2.93 bits per heavy atom. The molecule has 0 aliphatic carbocycles. The number of rotatable bonds is 2. The van der Waals surface area contributed by atoms with E-state index in [0.717, 1.165) is 4.70 Å². The number of benzene rings is 1. The minimum Gasteiger partial charge on any atom is -0.497 e. The van der Waals surface area contributed by atoms with Crippen molar-refractivity contribution in [2.45, 2.75) is 0 Å². The predicted octanol–water partition coefficient (Wildman–Crippen LogP) is 2.77. The van der Waals surface area contributed by atoms with Crippen LogP contribution in [0.5, 0.6) is 5.75 Å². The minimum atomic E-state index is -1.00. The lowest BCUT2D eigenvalue weighted by atomic mass is 10.2. The molecule has 0 aliphatic heterocycles. The molecule has 0 spiro atoms. The third-order valence-electron chi connectivity index (χ3n) is 1.91. The lowest BCUT2D eigenvalue weighted by Crippen LogP contribution is -1.98. The number of halogens is 1. The van der Waals surface area contributed by atoms with Gasteiger partial charge in [-0.25, -0.2) is 9.78 Å². The Labute approximate surface area is 97.6 Å². The molecular formula is C9H6BrNO3S. The van der Waals surface area contributed by atoms with Gasteiger partial charge in [0.1, 0.15) is 5.75 Å². The van der Waals surface area contributed by atoms with Crippen molar-refractivity contribution >= 4 is 43.5 Å². The molecule has 0 fully saturated rings. The highest BCUT2D eigenvalue weighted by Crippen LogP contribution is 2.32. The molecule has 1 aromatic carbocycles. The van der Waals surface area contributed by atoms with Crippen LogP contribution in [0.25, 0.3) is 10.2 Å². The third-order valence-corrected chi connectivity index (χ3v) is 3.36. The summed E-state index contributed by atoms with van der Waals surface area (Å²) >= 11 is 4.60. The molecule has 0 saturated heterocycles. The zero-order valence-electron chi connectivity index (χ0n) is 7.65. The van der Waals surface area contributed by atoms with Crippen LogP contribution in [0.1, 0.15) is 10.4 Å². The first kappa shape index (κ1) is 10.4. The van der Waals surface area contributed by atoms with Gasteiger partial charge in [-0.05, 0) is 28.1 Å². The molecule has 1 heterocycles. The van der Waals surface area contributed by atoms with Crippen molar-refractivity contribution in [2.24, 2.45) is 0 Å². The smallest absolute Gasteiger partial charge is 0.338 e. The number of thiazole rings is 1. The van der Waals surface area contributed by atoms with Crippen LogP contribution < -0.4 is 4.74 Å². The summed E-state index contributed by atoms with van der Waals surface area (Å²) in [6.07, 6.45) is 0. The lowest BCUT2D eigenvalue weighted by Gasteiger charge is -2.01. The molecule has 78 valence electrons. The van der Waals surface area contributed by atoms with Gasteiger partial charge in [-0.15, -0.1) is 11.3 Å². The maximum absolute atomic E-state index is 11.0. The van der Waals surface area contributed by atoms with Gasteiger partial charge in [0.15, 0.2) is 3.92 Å². The van der Waals surface area contributed by atoms with Crippen molar-refractivity contribution in [3.63, 3.8) is 0 Å². The molecule has 6 heteroatoms. The number of hydrogen-bond acceptors (Lipinski definition) is 4. The number of methoxy groups -OCH3 is 1. The summed E-state index contributed by atoms with van der Waals surface area (Å²) in [4.78, 5) is 15.1. The van der Waals surface area contributed by atoms with Crippen molar-refractivity contribution in [3.05, 3.63) is 21.6 Å². The molecule has 15 heavy (non-hydrogen) atoms. The number of aromatic nitrogens is 1. The van der Waals surface area contributed by atoms with Crippen LogP contribution in [0.4, 0.5) is 0 Å². The lowest BCUT2D eigenvalue weighted by molar-refractivity contribution is 0.0698. The van der Waals surface area contributed by atoms with E-state index in [4.69, 9.17) is 9.84 Å². The first-order chi connectivity index (χ1) is 7.11. The van der Waals surface area contributed by atoms with Gasteiger partial charge in [0.05, 0.1) is 22.9 Å². The van der Waals surface area contributed by atoms with Gasteiger partial charge < -0.3 is 9.84 Å². The highest BCUT2D eigenvalue weighted by Gasteiger charge is 2.14. The number of nitrogens with zero attached hydrogens (tertiary/aromatic N) is 1. The molecular weight excluding hydrogens is 282 g/mol. The van der Waals surface area contributed by atoms with Gasteiger partial charge in [0.25, 0.3) is 0 Å². The van der Waals surface area contributed by atoms with Gasteiger partial charge in [-0.1, -0.05) is 0 Å². The second kappa shape index (κ2) is 3.79. The maximum atomic E-state index is 11.0. The summed E-state index contributed by atoms with van der Waals surface area (Å²) in [6.45, 7) is 0. The van der Waals surface area contributed by atoms with Gasteiger partial charge in [-0.2, -0.15) is 0 Å². The number of hydrogen-bond donors (Lipinski definition) is 1. The zero-order valence-corrected chi connectivity index (χ0v) is 10.1. The zero-order chi connectivity index (χ0) is 11.0. The molecule has 0 aliphatic rings. The van der Waals surface area contributed by atoms with Crippen molar-refractivity contribution in [1.29, 1.82) is 0 Å². The fourth-order valence-electron chi connectivity index (χ4n) is 1.26. The average Bonchev–Trinajstić information content (AvgIpc) is 2.55. The summed E-state index contributed by atoms with van der Waals surface area (Å²) in [6, 6.07) is 3.24. The molecule has 1 N–H and O–H groups in total. The van der Waals surface area contributed by atoms with Crippen LogP contribution in [0, 0.1) is 0 Å². The van der Waals surface area contributed by atoms with Crippen LogP contribution >= 0.6 is 27.3 Å². The second-order valence-electron chi connectivity index (χ2n) is 2.79. The van der Waals surface area contributed by atoms with Crippen molar-refractivity contribution < 1.29 is 14.6 Å². The van der Waals surface area contributed by atoms with Crippen LogP contribution in [-0.2, 0) is 0 Å². The van der Waals surface area contributed by atoms with Crippen LogP contribution in [0.2, 0.25) is 0 Å². The van der Waals surface area contributed by atoms with Gasteiger partial charge >= 0.3 is 5.97 Å². The molecule has 2 rings (SSSR count). The Bertz CT molecular complexity index is 537. The maximum Gasteiger partial charge on any atom is 0.338 e. The van der Waals surface area contributed by atoms with E-state index in [-0.39, 0.29) is 5.56 Å². The molecule has 4 nitrogen and oxygen atoms in total. The van der Waals surface area contributed by atoms with E-state index in [1.807, 2.05) is 0 Å². The Hall–Kier alpha value is -1.14. The van der Waals surface area contributed by atoms with E-state index in [0.29, 0.717) is 15.2 Å². The number of carboxylic acids is 1. The summed E-state index contributed by atoms with van der Waals surface area (Å²) in [5, 5.41) is 9.01. The Morgan fingerprint density at radius 1 is 1.60 bits per heavy atom. The van der Waals surface area contributed by atoms with Crippen molar-refractivity contribution in [2.75, 3.05) is 7.11 Å². The standard InChI is InChI=1S/C9H6BrNO3S/c1-14-4-2-5(8(12)13)7-6(3-4)15-9(10)11-7/h2-3H,1H3,(H,12,13).